The zero-order valence-corrected chi connectivity index (χ0v) is 18.5. The Morgan fingerprint density at radius 1 is 1.03 bits per heavy atom. The monoisotopic (exact) mass is 437 g/mol. The number of aromatic nitrogens is 2. The molecular weight excluding hydrogens is 410 g/mol. The minimum Gasteiger partial charge on any atom is -0.351 e. The lowest BCUT2D eigenvalue weighted by molar-refractivity contribution is 0.0950. The minimum atomic E-state index is -0.128. The van der Waals surface area contributed by atoms with Crippen LogP contribution in [0.2, 0.25) is 0 Å². The zero-order chi connectivity index (χ0) is 22.4. The lowest BCUT2D eigenvalue weighted by Crippen LogP contribution is -2.33. The fourth-order valence-electron chi connectivity index (χ4n) is 5.20. The number of nitrogens with two attached hydrogens (primary N) is 1. The van der Waals surface area contributed by atoms with E-state index in [9.17, 15) is 4.79 Å². The molecule has 166 valence electrons. The molecule has 4 aromatic rings. The normalized spacial score (nSPS) is 17.3. The van der Waals surface area contributed by atoms with Crippen molar-refractivity contribution in [1.29, 1.82) is 0 Å². The summed E-state index contributed by atoms with van der Waals surface area (Å²) in [7, 11) is 0. The summed E-state index contributed by atoms with van der Waals surface area (Å²) in [6, 6.07) is 20.0. The van der Waals surface area contributed by atoms with Crippen molar-refractivity contribution in [2.24, 2.45) is 5.73 Å². The van der Waals surface area contributed by atoms with Gasteiger partial charge in [0.05, 0.1) is 17.1 Å². The second-order valence-corrected chi connectivity index (χ2v) is 8.96. The molecule has 1 aromatic heterocycles. The molecule has 1 unspecified atom stereocenters. The first kappa shape index (κ1) is 20.1. The topological polar surface area (TPSA) is 87.0 Å². The average molecular weight is 438 g/mol. The highest BCUT2D eigenvalue weighted by molar-refractivity contribution is 5.98. The number of carbonyl (C=O) groups excluding carboxylic acids is 1. The van der Waals surface area contributed by atoms with E-state index in [4.69, 9.17) is 10.7 Å². The molecule has 0 saturated carbocycles. The lowest BCUT2D eigenvalue weighted by Gasteiger charge is -2.14. The molecule has 1 aliphatic carbocycles. The third-order valence-electron chi connectivity index (χ3n) is 6.91. The summed E-state index contributed by atoms with van der Waals surface area (Å²) in [6.07, 6.45) is 2.52. The highest BCUT2D eigenvalue weighted by Crippen LogP contribution is 2.46. The molecule has 1 fully saturated rings. The van der Waals surface area contributed by atoms with E-state index in [0.29, 0.717) is 12.1 Å². The Kier molecular flexibility index (Phi) is 4.97. The molecule has 1 aliphatic heterocycles. The van der Waals surface area contributed by atoms with Crippen molar-refractivity contribution in [3.05, 3.63) is 77.4 Å². The van der Waals surface area contributed by atoms with Gasteiger partial charge in [-0.3, -0.25) is 4.79 Å². The Labute approximate surface area is 192 Å². The molecule has 1 atom stereocenters. The second kappa shape index (κ2) is 8.14. The SMILES string of the molecule is NC1c2ccccc2-c2c(-c3nc4cc(C(=O)NCCN5CCCC5)ccc4[nH]3)cccc21. The summed E-state index contributed by atoms with van der Waals surface area (Å²) in [5.74, 6) is 0.735. The number of benzene rings is 3. The zero-order valence-electron chi connectivity index (χ0n) is 18.5. The number of nitrogens with zero attached hydrogens (tertiary/aromatic N) is 2. The minimum absolute atomic E-state index is 0.0545. The molecule has 1 saturated heterocycles. The maximum atomic E-state index is 12.7. The third-order valence-corrected chi connectivity index (χ3v) is 6.91. The standard InChI is InChI=1S/C27H27N5O/c28-25-19-7-2-1-6-18(19)24-20(25)8-5-9-21(24)26-30-22-11-10-17(16-23(22)31-26)27(33)29-12-15-32-13-3-4-14-32/h1-2,5-11,16,25H,3-4,12-15,28H2,(H,29,33)(H,30,31). The van der Waals surface area contributed by atoms with E-state index in [1.807, 2.05) is 36.4 Å². The fraction of sp³-hybridized carbons (Fsp3) is 0.259. The van der Waals surface area contributed by atoms with E-state index in [0.717, 1.165) is 64.3 Å². The lowest BCUT2D eigenvalue weighted by atomic mass is 9.99. The molecular formula is C27H27N5O. The maximum Gasteiger partial charge on any atom is 0.251 e. The molecule has 2 heterocycles. The van der Waals surface area contributed by atoms with Crippen molar-refractivity contribution in [1.82, 2.24) is 20.2 Å². The first-order chi connectivity index (χ1) is 16.2. The van der Waals surface area contributed by atoms with Crippen molar-refractivity contribution < 1.29 is 4.79 Å². The second-order valence-electron chi connectivity index (χ2n) is 8.96. The number of likely N-dealkylation sites (tertiary alicyclic amines) is 1. The highest BCUT2D eigenvalue weighted by atomic mass is 16.1. The van der Waals surface area contributed by atoms with Crippen molar-refractivity contribution in [2.75, 3.05) is 26.2 Å². The van der Waals surface area contributed by atoms with Gasteiger partial charge >= 0.3 is 0 Å². The summed E-state index contributed by atoms with van der Waals surface area (Å²) in [5.41, 5.74) is 14.4. The number of fused-ring (bicyclic) bond motifs is 4. The quantitative estimate of drug-likeness (QED) is 0.439. The molecule has 6 rings (SSSR count). The van der Waals surface area contributed by atoms with E-state index in [1.54, 1.807) is 0 Å². The van der Waals surface area contributed by atoms with Crippen LogP contribution in [-0.4, -0.2) is 47.0 Å². The van der Waals surface area contributed by atoms with Crippen LogP contribution < -0.4 is 11.1 Å². The van der Waals surface area contributed by atoms with Gasteiger partial charge in [-0.15, -0.1) is 0 Å². The number of hydrogen-bond acceptors (Lipinski definition) is 4. The first-order valence-corrected chi connectivity index (χ1v) is 11.7. The van der Waals surface area contributed by atoms with Crippen LogP contribution in [0.4, 0.5) is 0 Å². The smallest absolute Gasteiger partial charge is 0.251 e. The van der Waals surface area contributed by atoms with Crippen LogP contribution in [0.5, 0.6) is 0 Å². The van der Waals surface area contributed by atoms with Crippen molar-refractivity contribution in [2.45, 2.75) is 18.9 Å². The van der Waals surface area contributed by atoms with Gasteiger partial charge in [-0.2, -0.15) is 0 Å². The molecule has 6 nitrogen and oxygen atoms in total. The van der Waals surface area contributed by atoms with E-state index >= 15 is 0 Å². The van der Waals surface area contributed by atoms with Crippen LogP contribution in [0.25, 0.3) is 33.5 Å². The Morgan fingerprint density at radius 3 is 2.70 bits per heavy atom. The van der Waals surface area contributed by atoms with Gasteiger partial charge in [0.1, 0.15) is 5.82 Å². The van der Waals surface area contributed by atoms with Crippen LogP contribution in [0.3, 0.4) is 0 Å². The Bertz CT molecular complexity index is 1350. The summed E-state index contributed by atoms with van der Waals surface area (Å²) >= 11 is 0. The Morgan fingerprint density at radius 2 is 1.82 bits per heavy atom. The van der Waals surface area contributed by atoms with E-state index < -0.39 is 0 Å². The third kappa shape index (κ3) is 3.52. The largest absolute Gasteiger partial charge is 0.351 e. The maximum absolute atomic E-state index is 12.7. The summed E-state index contributed by atoms with van der Waals surface area (Å²) in [5, 5.41) is 3.05. The number of H-pyrrole nitrogens is 1. The molecule has 6 heteroatoms. The Hall–Kier alpha value is -3.48. The van der Waals surface area contributed by atoms with Crippen LogP contribution in [0, 0.1) is 0 Å². The van der Waals surface area contributed by atoms with Crippen LogP contribution in [0.1, 0.15) is 40.4 Å². The number of imidazole rings is 1. The van der Waals surface area contributed by atoms with Gasteiger partial charge in [-0.1, -0.05) is 42.5 Å². The van der Waals surface area contributed by atoms with Gasteiger partial charge in [-0.25, -0.2) is 4.98 Å². The predicted molar refractivity (Wildman–Crippen MR) is 131 cm³/mol. The molecule has 0 spiro atoms. The number of nitrogens with one attached hydrogen (secondary N) is 2. The average Bonchev–Trinajstić information content (AvgIpc) is 3.57. The molecule has 0 bridgehead atoms. The molecule has 1 amide bonds. The molecule has 33 heavy (non-hydrogen) atoms. The van der Waals surface area contributed by atoms with E-state index in [-0.39, 0.29) is 11.9 Å². The van der Waals surface area contributed by atoms with Crippen LogP contribution >= 0.6 is 0 Å². The number of amides is 1. The number of aromatic amines is 1. The van der Waals surface area contributed by atoms with Crippen LogP contribution in [0.15, 0.2) is 60.7 Å². The number of rotatable bonds is 5. The van der Waals surface area contributed by atoms with Gasteiger partial charge in [0.25, 0.3) is 5.91 Å². The summed E-state index contributed by atoms with van der Waals surface area (Å²) in [4.78, 5) is 23.4. The van der Waals surface area contributed by atoms with Crippen molar-refractivity contribution in [3.63, 3.8) is 0 Å². The van der Waals surface area contributed by atoms with Gasteiger partial charge in [0.2, 0.25) is 0 Å². The number of carbonyl (C=O) groups is 1. The van der Waals surface area contributed by atoms with Gasteiger partial charge in [0.15, 0.2) is 0 Å². The predicted octanol–water partition coefficient (Wildman–Crippen LogP) is 4.08. The molecule has 4 N–H and O–H groups in total. The van der Waals surface area contributed by atoms with Crippen molar-refractivity contribution in [3.8, 4) is 22.5 Å². The van der Waals surface area contributed by atoms with E-state index in [1.165, 1.54) is 12.8 Å². The van der Waals surface area contributed by atoms with Crippen molar-refractivity contribution >= 4 is 16.9 Å². The fourth-order valence-corrected chi connectivity index (χ4v) is 5.20. The molecule has 3 aromatic carbocycles. The number of hydrogen-bond donors (Lipinski definition) is 3. The first-order valence-electron chi connectivity index (χ1n) is 11.7. The van der Waals surface area contributed by atoms with Gasteiger partial charge in [-0.05, 0) is 66.4 Å². The van der Waals surface area contributed by atoms with E-state index in [2.05, 4.69) is 39.5 Å². The van der Waals surface area contributed by atoms with Crippen LogP contribution in [-0.2, 0) is 0 Å². The molecule has 0 radical (unpaired) electrons. The molecule has 2 aliphatic rings. The van der Waals surface area contributed by atoms with Gasteiger partial charge in [0, 0.05) is 24.2 Å². The Balaban J connectivity index is 1.29. The van der Waals surface area contributed by atoms with Gasteiger partial charge < -0.3 is 20.9 Å². The summed E-state index contributed by atoms with van der Waals surface area (Å²) < 4.78 is 0. The summed E-state index contributed by atoms with van der Waals surface area (Å²) in [6.45, 7) is 3.84. The highest BCUT2D eigenvalue weighted by Gasteiger charge is 2.28.